The van der Waals surface area contributed by atoms with E-state index in [0.717, 1.165) is 0 Å². The van der Waals surface area contributed by atoms with Crippen molar-refractivity contribution in [3.63, 3.8) is 0 Å². The molecule has 15 heavy (non-hydrogen) atoms. The molecule has 0 aliphatic rings. The quantitative estimate of drug-likeness (QED) is 0.494. The van der Waals surface area contributed by atoms with Crippen molar-refractivity contribution in [2.24, 2.45) is 0 Å². The summed E-state index contributed by atoms with van der Waals surface area (Å²) in [5.41, 5.74) is 0. The zero-order valence-corrected chi connectivity index (χ0v) is 7.75. The molecule has 0 nitrogen and oxygen atoms in total. The van der Waals surface area contributed by atoms with Crippen LogP contribution in [0.2, 0.25) is 0 Å². The largest absolute Gasteiger partial charge is 0.459 e. The first-order valence-corrected chi connectivity index (χ1v) is 3.43. The minimum atomic E-state index is -6.17. The minimum absolute atomic E-state index is 3.56. The van der Waals surface area contributed by atoms with Gasteiger partial charge >= 0.3 is 23.4 Å². The van der Waals surface area contributed by atoms with Crippen LogP contribution in [0.3, 0.4) is 0 Å². The van der Waals surface area contributed by atoms with Gasteiger partial charge in [0.25, 0.3) is 0 Å². The molecule has 0 unspecified atom stereocenters. The molecule has 0 saturated heterocycles. The van der Waals surface area contributed by atoms with Crippen LogP contribution >= 0.6 is 23.2 Å². The predicted octanol–water partition coefficient (Wildman–Crippen LogP) is 4.46. The standard InChI is InChI=1S/C3HF7.CCl2F2/c4-1(5)2(6,7)3(8,9)10;2-1(3,4)5/h1H;. The Morgan fingerprint density at radius 3 is 0.933 bits per heavy atom. The maximum Gasteiger partial charge on any atom is 0.459 e. The molecule has 11 heteroatoms. The van der Waals surface area contributed by atoms with E-state index in [1.165, 1.54) is 0 Å². The van der Waals surface area contributed by atoms with Gasteiger partial charge in [-0.3, -0.25) is 0 Å². The van der Waals surface area contributed by atoms with Crippen LogP contribution in [0.4, 0.5) is 39.5 Å². The first kappa shape index (κ1) is 17.3. The van der Waals surface area contributed by atoms with E-state index in [0.29, 0.717) is 0 Å². The van der Waals surface area contributed by atoms with Crippen molar-refractivity contribution < 1.29 is 39.5 Å². The van der Waals surface area contributed by atoms with Crippen LogP contribution in [0.25, 0.3) is 0 Å². The minimum Gasteiger partial charge on any atom is -0.203 e. The van der Waals surface area contributed by atoms with E-state index in [2.05, 4.69) is 23.2 Å². The fourth-order valence-corrected chi connectivity index (χ4v) is 0.124. The Morgan fingerprint density at radius 1 is 0.733 bits per heavy atom. The molecule has 0 aromatic carbocycles. The van der Waals surface area contributed by atoms with Gasteiger partial charge in [0.1, 0.15) is 0 Å². The van der Waals surface area contributed by atoms with Gasteiger partial charge in [-0.2, -0.15) is 30.7 Å². The number of alkyl halides is 11. The average Bonchev–Trinajstić information content (AvgIpc) is 1.79. The Balaban J connectivity index is 0. The van der Waals surface area contributed by atoms with Crippen molar-refractivity contribution in [2.45, 2.75) is 23.4 Å². The molecule has 0 aromatic heterocycles. The van der Waals surface area contributed by atoms with E-state index in [9.17, 15) is 39.5 Å². The van der Waals surface area contributed by atoms with Gasteiger partial charge in [0.15, 0.2) is 0 Å². The lowest BCUT2D eigenvalue weighted by Gasteiger charge is -2.17. The van der Waals surface area contributed by atoms with E-state index in [1.54, 1.807) is 0 Å². The maximum absolute atomic E-state index is 11.2. The number of hydrogen-bond donors (Lipinski definition) is 0. The van der Waals surface area contributed by atoms with Gasteiger partial charge in [-0.05, 0) is 23.2 Å². The Kier molecular flexibility index (Phi) is 6.16. The summed E-state index contributed by atoms with van der Waals surface area (Å²) >= 11 is 7.92. The SMILES string of the molecule is FC(F)(Cl)Cl.FC(F)C(F)(F)C(F)(F)F. The Labute approximate surface area is 86.9 Å². The van der Waals surface area contributed by atoms with Crippen molar-refractivity contribution in [3.05, 3.63) is 0 Å². The molecule has 0 heterocycles. The summed E-state index contributed by atoms with van der Waals surface area (Å²) in [6.07, 6.45) is -10.9. The zero-order valence-electron chi connectivity index (χ0n) is 6.23. The third-order valence-electron chi connectivity index (χ3n) is 0.652. The topological polar surface area (TPSA) is 0 Å². The van der Waals surface area contributed by atoms with Crippen LogP contribution in [-0.2, 0) is 0 Å². The monoisotopic (exact) mass is 290 g/mol. The van der Waals surface area contributed by atoms with E-state index in [4.69, 9.17) is 0 Å². The van der Waals surface area contributed by atoms with Gasteiger partial charge in [0.2, 0.25) is 0 Å². The molecule has 0 N–H and O–H groups in total. The number of rotatable bonds is 1. The lowest BCUT2D eigenvalue weighted by molar-refractivity contribution is -0.320. The molecule has 0 saturated carbocycles. The Bertz CT molecular complexity index is 174. The van der Waals surface area contributed by atoms with Gasteiger partial charge in [-0.25, -0.2) is 8.78 Å². The first-order valence-electron chi connectivity index (χ1n) is 2.68. The second-order valence-corrected chi connectivity index (χ2v) is 2.99. The van der Waals surface area contributed by atoms with E-state index in [-0.39, 0.29) is 0 Å². The second kappa shape index (κ2) is 5.33. The highest BCUT2D eigenvalue weighted by Crippen LogP contribution is 2.39. The smallest absolute Gasteiger partial charge is 0.203 e. The molecular formula is C4HCl2F9. The molecule has 0 amide bonds. The Morgan fingerprint density at radius 2 is 0.933 bits per heavy atom. The molecule has 0 radical (unpaired) electrons. The van der Waals surface area contributed by atoms with Crippen molar-refractivity contribution in [1.29, 1.82) is 0 Å². The normalized spacial score (nSPS) is 13.6. The van der Waals surface area contributed by atoms with E-state index < -0.39 is 23.4 Å². The molecule has 0 spiro atoms. The highest BCUT2D eigenvalue weighted by atomic mass is 35.5. The fourth-order valence-electron chi connectivity index (χ4n) is 0.124. The third-order valence-corrected chi connectivity index (χ3v) is 0.652. The third kappa shape index (κ3) is 8.91. The summed E-state index contributed by atoms with van der Waals surface area (Å²) in [5, 5.41) is 0. The lowest BCUT2D eigenvalue weighted by atomic mass is 10.3. The van der Waals surface area contributed by atoms with Crippen LogP contribution in [0, 0.1) is 0 Å². The van der Waals surface area contributed by atoms with Crippen LogP contribution in [-0.4, -0.2) is 23.4 Å². The van der Waals surface area contributed by atoms with Gasteiger partial charge in [0.05, 0.1) is 0 Å². The number of halogens is 11. The van der Waals surface area contributed by atoms with Crippen LogP contribution < -0.4 is 0 Å². The molecule has 0 aromatic rings. The summed E-state index contributed by atoms with van der Waals surface area (Å²) in [4.78, 5) is -3.56. The second-order valence-electron chi connectivity index (χ2n) is 1.85. The molecule has 0 aliphatic carbocycles. The summed E-state index contributed by atoms with van der Waals surface area (Å²) in [6, 6.07) is 0. The summed E-state index contributed by atoms with van der Waals surface area (Å²) in [6.45, 7) is 0. The Hall–Kier alpha value is -0.0500. The van der Waals surface area contributed by atoms with Crippen molar-refractivity contribution in [3.8, 4) is 0 Å². The van der Waals surface area contributed by atoms with Crippen LogP contribution in [0.15, 0.2) is 0 Å². The highest BCUT2D eigenvalue weighted by Gasteiger charge is 2.64. The lowest BCUT2D eigenvalue weighted by Crippen LogP contribution is -2.42. The zero-order chi connectivity index (χ0) is 13.1. The number of hydrogen-bond acceptors (Lipinski definition) is 0. The first-order chi connectivity index (χ1) is 6.19. The van der Waals surface area contributed by atoms with Crippen molar-refractivity contribution in [2.75, 3.05) is 0 Å². The fraction of sp³-hybridized carbons (Fsp3) is 1.00. The molecule has 0 atom stereocenters. The van der Waals surface area contributed by atoms with Gasteiger partial charge in [-0.15, -0.1) is 0 Å². The molecule has 0 aliphatic heterocycles. The summed E-state index contributed by atoms with van der Waals surface area (Å²) in [5.74, 6) is -5.90. The van der Waals surface area contributed by atoms with Gasteiger partial charge in [-0.1, -0.05) is 0 Å². The summed E-state index contributed by atoms with van der Waals surface area (Å²) < 4.78 is 97.7. The molecular weight excluding hydrogens is 290 g/mol. The molecule has 94 valence electrons. The van der Waals surface area contributed by atoms with Crippen LogP contribution in [0.1, 0.15) is 0 Å². The average molecular weight is 291 g/mol. The maximum atomic E-state index is 11.2. The molecule has 0 fully saturated rings. The van der Waals surface area contributed by atoms with Crippen LogP contribution in [0.5, 0.6) is 0 Å². The van der Waals surface area contributed by atoms with Crippen molar-refractivity contribution in [1.82, 2.24) is 0 Å². The molecule has 0 bridgehead atoms. The van der Waals surface area contributed by atoms with Crippen molar-refractivity contribution >= 4 is 23.2 Å². The van der Waals surface area contributed by atoms with Gasteiger partial charge in [0, 0.05) is 0 Å². The van der Waals surface area contributed by atoms with E-state index in [1.807, 2.05) is 0 Å². The summed E-state index contributed by atoms with van der Waals surface area (Å²) in [7, 11) is 0. The predicted molar refractivity (Wildman–Crippen MR) is 33.7 cm³/mol. The molecule has 0 rings (SSSR count). The van der Waals surface area contributed by atoms with Gasteiger partial charge < -0.3 is 0 Å². The van der Waals surface area contributed by atoms with E-state index >= 15 is 0 Å². The highest BCUT2D eigenvalue weighted by molar-refractivity contribution is 6.45.